The van der Waals surface area contributed by atoms with Crippen LogP contribution in [0.25, 0.3) is 17.0 Å². The summed E-state index contributed by atoms with van der Waals surface area (Å²) in [7, 11) is 1.57. The zero-order chi connectivity index (χ0) is 24.5. The Morgan fingerprint density at radius 1 is 1.14 bits per heavy atom. The normalized spacial score (nSPS) is 16.2. The molecule has 0 spiro atoms. The number of ketones is 1. The van der Waals surface area contributed by atoms with Gasteiger partial charge >= 0.3 is 0 Å². The van der Waals surface area contributed by atoms with E-state index in [1.807, 2.05) is 19.1 Å². The monoisotopic (exact) mass is 477 g/mol. The Morgan fingerprint density at radius 2 is 1.94 bits per heavy atom. The standard InChI is InChI=1S/C27H28FN3O4/c1-16-10-18-4-5-23(26(28)20(18)11-16)35-27-21-12-24(33-3)25(13-22(21)29-15-30-27)34-19-6-8-31(9-7-19)14-17(2)32/h4-5,11-13,15,19H,6-10,14H2,1-3H3. The van der Waals surface area contributed by atoms with Gasteiger partial charge in [-0.2, -0.15) is 0 Å². The fourth-order valence-electron chi connectivity index (χ4n) is 4.76. The molecule has 182 valence electrons. The van der Waals surface area contributed by atoms with Gasteiger partial charge in [-0.1, -0.05) is 17.7 Å². The maximum Gasteiger partial charge on any atom is 0.230 e. The molecule has 0 saturated carbocycles. The van der Waals surface area contributed by atoms with Gasteiger partial charge in [-0.25, -0.2) is 14.4 Å². The van der Waals surface area contributed by atoms with Crippen LogP contribution in [-0.2, 0) is 11.2 Å². The fourth-order valence-corrected chi connectivity index (χ4v) is 4.76. The number of fused-ring (bicyclic) bond motifs is 2. The van der Waals surface area contributed by atoms with Gasteiger partial charge in [0.05, 0.1) is 24.6 Å². The second kappa shape index (κ2) is 9.62. The number of allylic oxidation sites excluding steroid dienone is 1. The molecule has 8 heteroatoms. The molecule has 2 heterocycles. The second-order valence-corrected chi connectivity index (χ2v) is 9.21. The third-order valence-corrected chi connectivity index (χ3v) is 6.46. The van der Waals surface area contributed by atoms with E-state index in [1.165, 1.54) is 6.33 Å². The molecule has 1 aromatic heterocycles. The molecular weight excluding hydrogens is 449 g/mol. The summed E-state index contributed by atoms with van der Waals surface area (Å²) in [6.07, 6.45) is 5.64. The van der Waals surface area contributed by atoms with Crippen LogP contribution in [0.15, 0.2) is 36.2 Å². The summed E-state index contributed by atoms with van der Waals surface area (Å²) in [5, 5.41) is 0.597. The van der Waals surface area contributed by atoms with Gasteiger partial charge in [-0.3, -0.25) is 9.69 Å². The van der Waals surface area contributed by atoms with E-state index in [1.54, 1.807) is 32.2 Å². The maximum absolute atomic E-state index is 15.1. The van der Waals surface area contributed by atoms with E-state index >= 15 is 4.39 Å². The van der Waals surface area contributed by atoms with Gasteiger partial charge in [0.25, 0.3) is 0 Å². The molecule has 1 aliphatic carbocycles. The SMILES string of the molecule is COc1cc2c(Oc3ccc4c(c3F)C=C(C)C4)ncnc2cc1OC1CCN(CC(C)=O)CC1. The smallest absolute Gasteiger partial charge is 0.230 e. The van der Waals surface area contributed by atoms with E-state index in [0.29, 0.717) is 34.5 Å². The number of halogens is 1. The highest BCUT2D eigenvalue weighted by atomic mass is 19.1. The lowest BCUT2D eigenvalue weighted by molar-refractivity contribution is -0.118. The quantitative estimate of drug-likeness (QED) is 0.476. The summed E-state index contributed by atoms with van der Waals surface area (Å²) >= 11 is 0. The Bertz CT molecular complexity index is 1320. The van der Waals surface area contributed by atoms with Crippen LogP contribution in [0.1, 0.15) is 37.8 Å². The predicted molar refractivity (Wildman–Crippen MR) is 131 cm³/mol. The van der Waals surface area contributed by atoms with Crippen molar-refractivity contribution in [3.05, 3.63) is 53.1 Å². The highest BCUT2D eigenvalue weighted by Crippen LogP contribution is 2.39. The Hall–Kier alpha value is -3.52. The molecule has 35 heavy (non-hydrogen) atoms. The van der Waals surface area contributed by atoms with Crippen molar-refractivity contribution in [1.29, 1.82) is 0 Å². The first kappa shape index (κ1) is 23.2. The van der Waals surface area contributed by atoms with Crippen LogP contribution in [0.4, 0.5) is 4.39 Å². The number of likely N-dealkylation sites (tertiary alicyclic amines) is 1. The van der Waals surface area contributed by atoms with Gasteiger partial charge in [0.1, 0.15) is 18.2 Å². The third kappa shape index (κ3) is 4.84. The van der Waals surface area contributed by atoms with Crippen LogP contribution in [0.2, 0.25) is 0 Å². The van der Waals surface area contributed by atoms with Crippen LogP contribution in [-0.4, -0.2) is 53.5 Å². The third-order valence-electron chi connectivity index (χ3n) is 6.46. The zero-order valence-electron chi connectivity index (χ0n) is 20.1. The van der Waals surface area contributed by atoms with Crippen molar-refractivity contribution in [3.63, 3.8) is 0 Å². The fraction of sp³-hybridized carbons (Fsp3) is 0.370. The van der Waals surface area contributed by atoms with Crippen molar-refractivity contribution in [2.75, 3.05) is 26.7 Å². The largest absolute Gasteiger partial charge is 0.493 e. The zero-order valence-corrected chi connectivity index (χ0v) is 20.1. The molecule has 2 aliphatic rings. The molecule has 2 aromatic carbocycles. The summed E-state index contributed by atoms with van der Waals surface area (Å²) in [6.45, 7) is 5.69. The molecule has 0 N–H and O–H groups in total. The Labute approximate surface area is 203 Å². The van der Waals surface area contributed by atoms with Crippen LogP contribution >= 0.6 is 0 Å². The first-order chi connectivity index (χ1) is 16.9. The van der Waals surface area contributed by atoms with E-state index in [9.17, 15) is 4.79 Å². The molecule has 5 rings (SSSR count). The first-order valence-corrected chi connectivity index (χ1v) is 11.8. The minimum absolute atomic E-state index is 0.0131. The molecule has 1 saturated heterocycles. The van der Waals surface area contributed by atoms with Gasteiger partial charge in [0.15, 0.2) is 23.1 Å². The molecule has 0 bridgehead atoms. The van der Waals surface area contributed by atoms with Gasteiger partial charge in [-0.15, -0.1) is 0 Å². The molecule has 1 fully saturated rings. The van der Waals surface area contributed by atoms with Crippen LogP contribution in [0, 0.1) is 5.82 Å². The second-order valence-electron chi connectivity index (χ2n) is 9.21. The predicted octanol–water partition coefficient (Wildman–Crippen LogP) is 4.96. The summed E-state index contributed by atoms with van der Waals surface area (Å²) < 4.78 is 32.9. The topological polar surface area (TPSA) is 73.8 Å². The molecule has 0 unspecified atom stereocenters. The lowest BCUT2D eigenvalue weighted by Gasteiger charge is -2.31. The van der Waals surface area contributed by atoms with Gasteiger partial charge in [-0.05, 0) is 50.8 Å². The van der Waals surface area contributed by atoms with Crippen molar-refractivity contribution < 1.29 is 23.4 Å². The number of Topliss-reactive ketones (excluding diaryl/α,β-unsaturated/α-hetero) is 1. The molecule has 1 aliphatic heterocycles. The molecule has 7 nitrogen and oxygen atoms in total. The number of carbonyl (C=O) groups is 1. The Kier molecular flexibility index (Phi) is 6.38. The van der Waals surface area contributed by atoms with Crippen molar-refractivity contribution in [1.82, 2.24) is 14.9 Å². The van der Waals surface area contributed by atoms with Crippen molar-refractivity contribution >= 4 is 22.8 Å². The van der Waals surface area contributed by atoms with Crippen LogP contribution in [0.3, 0.4) is 0 Å². The van der Waals surface area contributed by atoms with Crippen molar-refractivity contribution in [3.8, 4) is 23.1 Å². The minimum atomic E-state index is -0.394. The van der Waals surface area contributed by atoms with E-state index in [-0.39, 0.29) is 23.5 Å². The van der Waals surface area contributed by atoms with Gasteiger partial charge in [0.2, 0.25) is 5.88 Å². The average molecular weight is 478 g/mol. The average Bonchev–Trinajstić information content (AvgIpc) is 3.23. The van der Waals surface area contributed by atoms with Crippen LogP contribution < -0.4 is 14.2 Å². The van der Waals surface area contributed by atoms with Crippen molar-refractivity contribution in [2.24, 2.45) is 0 Å². The summed E-state index contributed by atoms with van der Waals surface area (Å²) in [4.78, 5) is 22.2. The number of hydrogen-bond acceptors (Lipinski definition) is 7. The van der Waals surface area contributed by atoms with Crippen molar-refractivity contribution in [2.45, 2.75) is 39.2 Å². The number of methoxy groups -OCH3 is 1. The van der Waals surface area contributed by atoms with E-state index in [0.717, 1.165) is 43.5 Å². The number of carbonyl (C=O) groups excluding carboxylic acids is 1. The number of hydrogen-bond donors (Lipinski definition) is 0. The van der Waals surface area contributed by atoms with Gasteiger partial charge < -0.3 is 14.2 Å². The molecular formula is C27H28FN3O4. The summed E-state index contributed by atoms with van der Waals surface area (Å²) in [5.74, 6) is 1.25. The molecule has 0 amide bonds. The number of benzene rings is 2. The van der Waals surface area contributed by atoms with E-state index in [2.05, 4.69) is 14.9 Å². The Balaban J connectivity index is 1.39. The highest BCUT2D eigenvalue weighted by molar-refractivity contribution is 5.87. The maximum atomic E-state index is 15.1. The lowest BCUT2D eigenvalue weighted by Crippen LogP contribution is -2.40. The number of aromatic nitrogens is 2. The number of ether oxygens (including phenoxy) is 3. The lowest BCUT2D eigenvalue weighted by atomic mass is 10.1. The highest BCUT2D eigenvalue weighted by Gasteiger charge is 2.24. The minimum Gasteiger partial charge on any atom is -0.493 e. The number of nitrogens with zero attached hydrogens (tertiary/aromatic N) is 3. The van der Waals surface area contributed by atoms with E-state index in [4.69, 9.17) is 14.2 Å². The van der Waals surface area contributed by atoms with Crippen LogP contribution in [0.5, 0.6) is 23.1 Å². The number of piperidine rings is 1. The first-order valence-electron chi connectivity index (χ1n) is 11.8. The van der Waals surface area contributed by atoms with Gasteiger partial charge in [0, 0.05) is 24.7 Å². The number of rotatable bonds is 7. The molecule has 3 aromatic rings. The molecule has 0 atom stereocenters. The van der Waals surface area contributed by atoms with E-state index < -0.39 is 5.82 Å². The summed E-state index contributed by atoms with van der Waals surface area (Å²) in [5.41, 5.74) is 3.25. The Morgan fingerprint density at radius 3 is 2.69 bits per heavy atom. The summed E-state index contributed by atoms with van der Waals surface area (Å²) in [6, 6.07) is 7.09. The molecule has 0 radical (unpaired) electrons.